The molecule has 0 amide bonds. The molecule has 0 spiro atoms. The minimum Gasteiger partial charge on any atom is -0.403 e. The highest BCUT2D eigenvalue weighted by Gasteiger charge is 2.51. The third-order valence-corrected chi connectivity index (χ3v) is 5.73. The molecule has 0 radical (unpaired) electrons. The minimum absolute atomic E-state index is 0.193. The van der Waals surface area contributed by atoms with Crippen LogP contribution in [0.2, 0.25) is 6.32 Å². The monoisotopic (exact) mass is 348 g/mol. The largest absolute Gasteiger partial charge is 0.458 e. The molecule has 3 rings (SSSR count). The maximum atomic E-state index is 6.29. The van der Waals surface area contributed by atoms with E-state index in [9.17, 15) is 0 Å². The van der Waals surface area contributed by atoms with Gasteiger partial charge in [-0.15, -0.1) is 0 Å². The van der Waals surface area contributed by atoms with Gasteiger partial charge in [0.25, 0.3) is 0 Å². The van der Waals surface area contributed by atoms with E-state index in [0.717, 1.165) is 11.9 Å². The van der Waals surface area contributed by atoms with Crippen molar-refractivity contribution in [2.45, 2.75) is 58.1 Å². The average molecular weight is 348 g/mol. The summed E-state index contributed by atoms with van der Waals surface area (Å²) in [6.45, 7) is 14.7. The van der Waals surface area contributed by atoms with Gasteiger partial charge in [0.1, 0.15) is 0 Å². The van der Waals surface area contributed by atoms with E-state index in [4.69, 9.17) is 9.31 Å². The quantitative estimate of drug-likeness (QED) is 0.622. The molecule has 3 heteroatoms. The van der Waals surface area contributed by atoms with E-state index in [2.05, 4.69) is 95.8 Å². The fraction of sp³-hybridized carbons (Fsp3) is 0.391. The van der Waals surface area contributed by atoms with Gasteiger partial charge in [-0.05, 0) is 57.6 Å². The number of hydrogen-bond donors (Lipinski definition) is 0. The molecule has 1 fully saturated rings. The molecule has 1 atom stereocenters. The van der Waals surface area contributed by atoms with Crippen molar-refractivity contribution in [1.29, 1.82) is 0 Å². The Bertz CT molecular complexity index is 764. The Balaban J connectivity index is 1.98. The molecule has 1 saturated heterocycles. The Morgan fingerprint density at radius 2 is 1.46 bits per heavy atom. The van der Waals surface area contributed by atoms with Crippen molar-refractivity contribution in [3.05, 3.63) is 77.9 Å². The van der Waals surface area contributed by atoms with Gasteiger partial charge < -0.3 is 9.31 Å². The molecule has 2 nitrogen and oxygen atoms in total. The highest BCUT2D eigenvalue weighted by Crippen LogP contribution is 2.42. The molecule has 0 aliphatic carbocycles. The first-order chi connectivity index (χ1) is 12.2. The van der Waals surface area contributed by atoms with Crippen LogP contribution in [0.4, 0.5) is 0 Å². The van der Waals surface area contributed by atoms with E-state index in [1.807, 2.05) is 0 Å². The summed E-state index contributed by atoms with van der Waals surface area (Å²) in [4.78, 5) is 0. The first kappa shape index (κ1) is 18.9. The second-order valence-electron chi connectivity index (χ2n) is 8.25. The summed E-state index contributed by atoms with van der Waals surface area (Å²) in [6, 6.07) is 19.1. The van der Waals surface area contributed by atoms with Crippen molar-refractivity contribution < 1.29 is 9.31 Å². The van der Waals surface area contributed by atoms with Crippen molar-refractivity contribution >= 4 is 12.7 Å². The first-order valence-corrected chi connectivity index (χ1v) is 9.37. The fourth-order valence-corrected chi connectivity index (χ4v) is 3.57. The summed E-state index contributed by atoms with van der Waals surface area (Å²) in [7, 11) is -0.233. The van der Waals surface area contributed by atoms with Gasteiger partial charge in [0.15, 0.2) is 0 Å². The summed E-state index contributed by atoms with van der Waals surface area (Å²) in [5, 5.41) is 0. The molecule has 2 aromatic rings. The van der Waals surface area contributed by atoms with Crippen LogP contribution in [0.15, 0.2) is 61.2 Å². The van der Waals surface area contributed by atoms with Crippen LogP contribution in [0.5, 0.6) is 0 Å². The van der Waals surface area contributed by atoms with E-state index in [0.29, 0.717) is 0 Å². The van der Waals surface area contributed by atoms with Crippen LogP contribution < -0.4 is 0 Å². The average Bonchev–Trinajstić information content (AvgIpc) is 2.80. The highest BCUT2D eigenvalue weighted by atomic mass is 16.7. The van der Waals surface area contributed by atoms with Crippen LogP contribution in [-0.2, 0) is 9.31 Å². The van der Waals surface area contributed by atoms with Gasteiger partial charge in [-0.25, -0.2) is 0 Å². The fourth-order valence-electron chi connectivity index (χ4n) is 3.57. The Hall–Kier alpha value is -1.84. The summed E-state index contributed by atoms with van der Waals surface area (Å²) in [6.07, 6.45) is 0.779. The standard InChI is InChI=1S/C23H29BO2/c1-17(2)19-14-10-11-15-20(19)21(18-12-8-7-9-13-18)16-24-25-22(3,4)23(5,6)26-24/h7-15,21H,1,16H2,2-6H3/t21-/m1/s1. The second kappa shape index (κ2) is 7.05. The number of rotatable bonds is 5. The van der Waals surface area contributed by atoms with Gasteiger partial charge in [-0.2, -0.15) is 0 Å². The number of hydrogen-bond acceptors (Lipinski definition) is 2. The SMILES string of the molecule is C=C(C)c1ccccc1[C@H](CB1OC(C)(C)C(C)(C)O1)c1ccccc1. The van der Waals surface area contributed by atoms with Gasteiger partial charge in [-0.3, -0.25) is 0 Å². The van der Waals surface area contributed by atoms with Crippen LogP contribution in [0.1, 0.15) is 57.2 Å². The first-order valence-electron chi connectivity index (χ1n) is 9.37. The lowest BCUT2D eigenvalue weighted by Gasteiger charge is -2.32. The van der Waals surface area contributed by atoms with Gasteiger partial charge in [0.05, 0.1) is 11.2 Å². The molecule has 1 aliphatic rings. The lowest BCUT2D eigenvalue weighted by atomic mass is 9.71. The van der Waals surface area contributed by atoms with Gasteiger partial charge in [0, 0.05) is 5.92 Å². The number of benzene rings is 2. The zero-order valence-electron chi connectivity index (χ0n) is 16.6. The minimum atomic E-state index is -0.313. The maximum Gasteiger partial charge on any atom is 0.458 e. The smallest absolute Gasteiger partial charge is 0.403 e. The molecular formula is C23H29BO2. The lowest BCUT2D eigenvalue weighted by molar-refractivity contribution is 0.00578. The summed E-state index contributed by atoms with van der Waals surface area (Å²) in [5.41, 5.74) is 4.21. The molecule has 2 aromatic carbocycles. The molecule has 1 heterocycles. The third kappa shape index (κ3) is 3.65. The molecule has 0 unspecified atom stereocenters. The van der Waals surface area contributed by atoms with Crippen LogP contribution in [0, 0.1) is 0 Å². The maximum absolute atomic E-state index is 6.29. The molecule has 26 heavy (non-hydrogen) atoms. The summed E-state index contributed by atoms with van der Waals surface area (Å²) < 4.78 is 12.6. The molecule has 0 saturated carbocycles. The Kier molecular flexibility index (Phi) is 5.14. The summed E-state index contributed by atoms with van der Waals surface area (Å²) >= 11 is 0. The van der Waals surface area contributed by atoms with E-state index in [-0.39, 0.29) is 24.2 Å². The predicted octanol–water partition coefficient (Wildman–Crippen LogP) is 5.94. The second-order valence-corrected chi connectivity index (χ2v) is 8.25. The van der Waals surface area contributed by atoms with Gasteiger partial charge >= 0.3 is 7.12 Å². The van der Waals surface area contributed by atoms with Crippen LogP contribution in [0.25, 0.3) is 5.57 Å². The Labute approximate surface area is 158 Å². The van der Waals surface area contributed by atoms with Crippen molar-refractivity contribution in [2.24, 2.45) is 0 Å². The normalized spacial score (nSPS) is 19.3. The molecule has 1 aliphatic heterocycles. The zero-order chi connectivity index (χ0) is 18.9. The zero-order valence-corrected chi connectivity index (χ0v) is 16.6. The van der Waals surface area contributed by atoms with Crippen molar-refractivity contribution in [3.63, 3.8) is 0 Å². The van der Waals surface area contributed by atoms with E-state index in [1.54, 1.807) is 0 Å². The van der Waals surface area contributed by atoms with Crippen molar-refractivity contribution in [3.8, 4) is 0 Å². The lowest BCUT2D eigenvalue weighted by Crippen LogP contribution is -2.41. The highest BCUT2D eigenvalue weighted by molar-refractivity contribution is 6.45. The Morgan fingerprint density at radius 1 is 0.923 bits per heavy atom. The van der Waals surface area contributed by atoms with Crippen LogP contribution >= 0.6 is 0 Å². The molecule has 0 bridgehead atoms. The molecular weight excluding hydrogens is 319 g/mol. The van der Waals surface area contributed by atoms with Crippen LogP contribution in [0.3, 0.4) is 0 Å². The topological polar surface area (TPSA) is 18.5 Å². The van der Waals surface area contributed by atoms with Crippen molar-refractivity contribution in [1.82, 2.24) is 0 Å². The molecule has 0 N–H and O–H groups in total. The van der Waals surface area contributed by atoms with E-state index < -0.39 is 0 Å². The van der Waals surface area contributed by atoms with Gasteiger partial charge in [-0.1, -0.05) is 66.7 Å². The Morgan fingerprint density at radius 3 is 2.04 bits per heavy atom. The van der Waals surface area contributed by atoms with Crippen LogP contribution in [-0.4, -0.2) is 18.3 Å². The molecule has 0 aromatic heterocycles. The third-order valence-electron chi connectivity index (χ3n) is 5.73. The van der Waals surface area contributed by atoms with Gasteiger partial charge in [0.2, 0.25) is 0 Å². The van der Waals surface area contributed by atoms with Crippen molar-refractivity contribution in [2.75, 3.05) is 0 Å². The predicted molar refractivity (Wildman–Crippen MR) is 110 cm³/mol. The van der Waals surface area contributed by atoms with E-state index >= 15 is 0 Å². The molecule has 136 valence electrons. The number of allylic oxidation sites excluding steroid dienone is 1. The summed E-state index contributed by atoms with van der Waals surface area (Å²) in [5.74, 6) is 0.193. The van der Waals surface area contributed by atoms with E-state index in [1.165, 1.54) is 16.7 Å².